The molecule has 9 nitrogen and oxygen atoms in total. The zero-order chi connectivity index (χ0) is 16.5. The highest BCUT2D eigenvalue weighted by Crippen LogP contribution is 2.09. The molecule has 9 heteroatoms. The van der Waals surface area contributed by atoms with Crippen molar-refractivity contribution < 1.29 is 28.7 Å². The molecule has 0 aliphatic rings. The van der Waals surface area contributed by atoms with Gasteiger partial charge in [-0.05, 0) is 26.0 Å². The molecule has 0 saturated heterocycles. The molecule has 1 heterocycles. The van der Waals surface area contributed by atoms with Crippen molar-refractivity contribution >= 4 is 35.3 Å². The molecule has 0 unspecified atom stereocenters. The van der Waals surface area contributed by atoms with Gasteiger partial charge in [0.25, 0.3) is 0 Å². The minimum absolute atomic E-state index is 0.0819. The summed E-state index contributed by atoms with van der Waals surface area (Å²) in [6, 6.07) is 2.74. The number of hydrogen-bond donors (Lipinski definition) is 2. The maximum Gasteiger partial charge on any atom is 0.397 e. The van der Waals surface area contributed by atoms with Gasteiger partial charge in [-0.15, -0.1) is 0 Å². The predicted molar refractivity (Wildman–Crippen MR) is 74.8 cm³/mol. The first-order chi connectivity index (χ1) is 10.5. The van der Waals surface area contributed by atoms with Crippen LogP contribution in [0.15, 0.2) is 18.3 Å². The highest BCUT2D eigenvalue weighted by atomic mass is 16.5. The van der Waals surface area contributed by atoms with E-state index < -0.39 is 23.8 Å². The normalized spacial score (nSPS) is 9.55. The molecule has 1 aromatic rings. The van der Waals surface area contributed by atoms with Crippen LogP contribution in [0.25, 0.3) is 0 Å². The molecule has 0 fully saturated rings. The SMILES string of the molecule is CCOC(=O)C(=O)Nc1ccc(NC(=O)C(=O)OCC)nc1. The third-order valence-corrected chi connectivity index (χ3v) is 2.18. The Kier molecular flexibility index (Phi) is 6.48. The lowest BCUT2D eigenvalue weighted by Crippen LogP contribution is -2.26. The summed E-state index contributed by atoms with van der Waals surface area (Å²) in [5.41, 5.74) is 0.229. The number of aromatic nitrogens is 1. The Labute approximate surface area is 126 Å². The molecule has 22 heavy (non-hydrogen) atoms. The second-order valence-electron chi connectivity index (χ2n) is 3.78. The Morgan fingerprint density at radius 1 is 0.955 bits per heavy atom. The largest absolute Gasteiger partial charge is 0.459 e. The zero-order valence-corrected chi connectivity index (χ0v) is 12.0. The Hall–Kier alpha value is -2.97. The average molecular weight is 309 g/mol. The van der Waals surface area contributed by atoms with E-state index in [-0.39, 0.29) is 24.7 Å². The molecule has 0 aliphatic carbocycles. The summed E-state index contributed by atoms with van der Waals surface area (Å²) in [5, 5.41) is 4.49. The summed E-state index contributed by atoms with van der Waals surface area (Å²) in [6.45, 7) is 3.32. The van der Waals surface area contributed by atoms with E-state index in [1.165, 1.54) is 18.3 Å². The first kappa shape index (κ1) is 17.1. The van der Waals surface area contributed by atoms with E-state index in [1.807, 2.05) is 0 Å². The van der Waals surface area contributed by atoms with Crippen molar-refractivity contribution in [3.63, 3.8) is 0 Å². The Bertz CT molecular complexity index is 519. The third kappa shape index (κ3) is 5.19. The molecule has 0 saturated carbocycles. The minimum Gasteiger partial charge on any atom is -0.459 e. The molecular weight excluding hydrogens is 294 g/mol. The van der Waals surface area contributed by atoms with Gasteiger partial charge in [-0.2, -0.15) is 0 Å². The standard InChI is InChI=1S/C13H15N3O6/c1-3-21-12(19)10(17)15-8-5-6-9(14-7-8)16-11(18)13(20)22-4-2/h5-7H,3-4H2,1-2H3,(H,15,17)(H,14,16,18). The monoisotopic (exact) mass is 309 g/mol. The summed E-state index contributed by atoms with van der Waals surface area (Å²) in [5.74, 6) is -3.84. The van der Waals surface area contributed by atoms with E-state index in [0.29, 0.717) is 0 Å². The van der Waals surface area contributed by atoms with Crippen LogP contribution in [0.1, 0.15) is 13.8 Å². The maximum absolute atomic E-state index is 11.4. The molecule has 1 rings (SSSR count). The molecule has 0 aliphatic heterocycles. The summed E-state index contributed by atoms with van der Waals surface area (Å²) in [4.78, 5) is 48.8. The van der Waals surface area contributed by atoms with Gasteiger partial charge < -0.3 is 20.1 Å². The zero-order valence-electron chi connectivity index (χ0n) is 12.0. The van der Waals surface area contributed by atoms with Crippen molar-refractivity contribution in [2.45, 2.75) is 13.8 Å². The number of pyridine rings is 1. The van der Waals surface area contributed by atoms with Gasteiger partial charge in [0.1, 0.15) is 5.82 Å². The predicted octanol–water partition coefficient (Wildman–Crippen LogP) is 0.0848. The molecule has 1 aromatic heterocycles. The maximum atomic E-state index is 11.4. The highest BCUT2D eigenvalue weighted by molar-refractivity contribution is 6.37. The second-order valence-corrected chi connectivity index (χ2v) is 3.78. The average Bonchev–Trinajstić information content (AvgIpc) is 2.49. The van der Waals surface area contributed by atoms with Gasteiger partial charge in [-0.3, -0.25) is 9.59 Å². The van der Waals surface area contributed by atoms with Crippen LogP contribution in [-0.4, -0.2) is 42.0 Å². The van der Waals surface area contributed by atoms with E-state index >= 15 is 0 Å². The van der Waals surface area contributed by atoms with Crippen molar-refractivity contribution in [3.05, 3.63) is 18.3 Å². The highest BCUT2D eigenvalue weighted by Gasteiger charge is 2.16. The fourth-order valence-electron chi connectivity index (χ4n) is 1.28. The Morgan fingerprint density at radius 3 is 1.95 bits per heavy atom. The van der Waals surface area contributed by atoms with Crippen LogP contribution in [0.5, 0.6) is 0 Å². The number of hydrogen-bond acceptors (Lipinski definition) is 7. The van der Waals surface area contributed by atoms with E-state index in [0.717, 1.165) is 0 Å². The number of anilines is 2. The second kappa shape index (κ2) is 8.35. The van der Waals surface area contributed by atoms with E-state index in [4.69, 9.17) is 0 Å². The van der Waals surface area contributed by atoms with Gasteiger partial charge in [0.2, 0.25) is 0 Å². The first-order valence-corrected chi connectivity index (χ1v) is 6.40. The number of nitrogens with zero attached hydrogens (tertiary/aromatic N) is 1. The van der Waals surface area contributed by atoms with Crippen LogP contribution in [-0.2, 0) is 28.7 Å². The molecule has 2 N–H and O–H groups in total. The van der Waals surface area contributed by atoms with Gasteiger partial charge in [0.15, 0.2) is 0 Å². The number of ether oxygens (including phenoxy) is 2. The first-order valence-electron chi connectivity index (χ1n) is 6.40. The fourth-order valence-corrected chi connectivity index (χ4v) is 1.28. The lowest BCUT2D eigenvalue weighted by atomic mass is 10.4. The summed E-state index contributed by atoms with van der Waals surface area (Å²) >= 11 is 0. The van der Waals surface area contributed by atoms with Crippen molar-refractivity contribution in [1.82, 2.24) is 4.98 Å². The number of esters is 2. The summed E-state index contributed by atoms with van der Waals surface area (Å²) < 4.78 is 9.04. The molecule has 0 atom stereocenters. The molecule has 2 amide bonds. The number of amides is 2. The van der Waals surface area contributed by atoms with Gasteiger partial charge in [-0.25, -0.2) is 14.6 Å². The van der Waals surface area contributed by atoms with Crippen molar-refractivity contribution in [1.29, 1.82) is 0 Å². The molecule has 0 bridgehead atoms. The van der Waals surface area contributed by atoms with Gasteiger partial charge in [-0.1, -0.05) is 0 Å². The number of carbonyl (C=O) groups is 4. The number of rotatable bonds is 4. The third-order valence-electron chi connectivity index (χ3n) is 2.18. The van der Waals surface area contributed by atoms with E-state index in [2.05, 4.69) is 25.1 Å². The number of nitrogens with one attached hydrogen (secondary N) is 2. The van der Waals surface area contributed by atoms with Crippen LogP contribution >= 0.6 is 0 Å². The molecular formula is C13H15N3O6. The van der Waals surface area contributed by atoms with Crippen molar-refractivity contribution in [2.24, 2.45) is 0 Å². The lowest BCUT2D eigenvalue weighted by Gasteiger charge is -2.06. The van der Waals surface area contributed by atoms with Crippen molar-refractivity contribution in [3.8, 4) is 0 Å². The van der Waals surface area contributed by atoms with Crippen LogP contribution < -0.4 is 10.6 Å². The molecule has 0 aromatic carbocycles. The van der Waals surface area contributed by atoms with Gasteiger partial charge in [0.05, 0.1) is 25.1 Å². The Balaban J connectivity index is 2.60. The van der Waals surface area contributed by atoms with E-state index in [9.17, 15) is 19.2 Å². The quantitative estimate of drug-likeness (QED) is 0.596. The van der Waals surface area contributed by atoms with Crippen molar-refractivity contribution in [2.75, 3.05) is 23.8 Å². The number of carbonyl (C=O) groups excluding carboxylic acids is 4. The van der Waals surface area contributed by atoms with Crippen LogP contribution in [0.2, 0.25) is 0 Å². The lowest BCUT2D eigenvalue weighted by molar-refractivity contribution is -0.152. The molecule has 0 spiro atoms. The van der Waals surface area contributed by atoms with Crippen LogP contribution in [0.3, 0.4) is 0 Å². The van der Waals surface area contributed by atoms with Gasteiger partial charge in [0, 0.05) is 0 Å². The summed E-state index contributed by atoms with van der Waals surface area (Å²) in [7, 11) is 0. The summed E-state index contributed by atoms with van der Waals surface area (Å²) in [6.07, 6.45) is 1.21. The molecule has 118 valence electrons. The van der Waals surface area contributed by atoms with Gasteiger partial charge >= 0.3 is 23.8 Å². The Morgan fingerprint density at radius 2 is 1.50 bits per heavy atom. The van der Waals surface area contributed by atoms with Crippen LogP contribution in [0.4, 0.5) is 11.5 Å². The minimum atomic E-state index is -1.02. The topological polar surface area (TPSA) is 124 Å². The molecule has 0 radical (unpaired) electrons. The fraction of sp³-hybridized carbons (Fsp3) is 0.308. The van der Waals surface area contributed by atoms with Crippen LogP contribution in [0, 0.1) is 0 Å². The smallest absolute Gasteiger partial charge is 0.397 e. The van der Waals surface area contributed by atoms with E-state index in [1.54, 1.807) is 13.8 Å².